The predicted octanol–water partition coefficient (Wildman–Crippen LogP) is 8.58. The first-order valence-corrected chi connectivity index (χ1v) is 17.4. The van der Waals surface area contributed by atoms with Crippen molar-refractivity contribution < 1.29 is 18.0 Å². The van der Waals surface area contributed by atoms with E-state index in [0.717, 1.165) is 59.5 Å². The first-order chi connectivity index (χ1) is 22.2. The monoisotopic (exact) mass is 646 g/mol. The maximum absolute atomic E-state index is 14.4. The van der Waals surface area contributed by atoms with Crippen LogP contribution in [0.5, 0.6) is 0 Å². The minimum atomic E-state index is -4.44. The topological polar surface area (TPSA) is 48.5 Å². The van der Waals surface area contributed by atoms with Crippen molar-refractivity contribution in [3.8, 4) is 11.3 Å². The average Bonchev–Trinajstić information content (AvgIpc) is 3.08. The van der Waals surface area contributed by atoms with Gasteiger partial charge in [0.15, 0.2) is 0 Å². The Kier molecular flexibility index (Phi) is 10.0. The summed E-state index contributed by atoms with van der Waals surface area (Å²) in [4.78, 5) is 25.5. The quantitative estimate of drug-likeness (QED) is 0.194. The number of aromatic nitrogens is 1. The van der Waals surface area contributed by atoms with E-state index in [0.29, 0.717) is 34.9 Å². The molecule has 5 nitrogen and oxygen atoms in total. The molecule has 0 radical (unpaired) electrons. The van der Waals surface area contributed by atoms with Crippen LogP contribution < -0.4 is 5.32 Å². The van der Waals surface area contributed by atoms with E-state index in [9.17, 15) is 18.0 Å². The number of pyridine rings is 1. The van der Waals surface area contributed by atoms with Crippen LogP contribution in [0, 0.1) is 0 Å². The van der Waals surface area contributed by atoms with Gasteiger partial charge in [-0.3, -0.25) is 9.69 Å². The maximum atomic E-state index is 14.4. The predicted molar refractivity (Wildman–Crippen MR) is 180 cm³/mol. The number of fused-ring (bicyclic) bond motifs is 1. The van der Waals surface area contributed by atoms with Crippen LogP contribution in [0.3, 0.4) is 0 Å². The van der Waals surface area contributed by atoms with Crippen molar-refractivity contribution in [2.75, 3.05) is 32.4 Å². The summed E-state index contributed by atoms with van der Waals surface area (Å²) in [5.41, 5.74) is 3.32. The van der Waals surface area contributed by atoms with Gasteiger partial charge in [-0.25, -0.2) is 4.98 Å². The van der Waals surface area contributed by atoms with Crippen molar-refractivity contribution in [3.63, 3.8) is 0 Å². The number of nitrogens with zero attached hydrogens (tertiary/aromatic N) is 3. The molecule has 0 aliphatic carbocycles. The Hall–Kier alpha value is -3.40. The highest BCUT2D eigenvalue weighted by Gasteiger charge is 2.32. The molecule has 2 aliphatic rings. The Morgan fingerprint density at radius 1 is 0.957 bits per heavy atom. The highest BCUT2D eigenvalue weighted by Crippen LogP contribution is 2.36. The van der Waals surface area contributed by atoms with Crippen LogP contribution in [0.2, 0.25) is 0 Å². The number of alkyl halides is 3. The van der Waals surface area contributed by atoms with E-state index >= 15 is 0 Å². The number of benzene rings is 3. The number of halogens is 3. The van der Waals surface area contributed by atoms with E-state index in [1.54, 1.807) is 11.8 Å². The zero-order valence-corrected chi connectivity index (χ0v) is 27.3. The molecule has 6 rings (SSSR count). The lowest BCUT2D eigenvalue weighted by atomic mass is 9.93. The molecule has 3 aromatic carbocycles. The van der Waals surface area contributed by atoms with Crippen molar-refractivity contribution in [1.82, 2.24) is 20.1 Å². The molecule has 2 aliphatic heterocycles. The molecule has 46 heavy (non-hydrogen) atoms. The Bertz CT molecular complexity index is 1650. The molecule has 242 valence electrons. The van der Waals surface area contributed by atoms with Crippen LogP contribution >= 0.6 is 11.8 Å². The third kappa shape index (κ3) is 7.27. The van der Waals surface area contributed by atoms with Crippen molar-refractivity contribution in [2.24, 2.45) is 0 Å². The molecule has 1 atom stereocenters. The van der Waals surface area contributed by atoms with Gasteiger partial charge in [0.2, 0.25) is 0 Å². The lowest BCUT2D eigenvalue weighted by Crippen LogP contribution is -2.46. The minimum absolute atomic E-state index is 0.214. The lowest BCUT2D eigenvalue weighted by Gasteiger charge is -2.40. The molecule has 4 aromatic rings. The normalized spacial score (nSPS) is 17.7. The maximum Gasteiger partial charge on any atom is 0.416 e. The summed E-state index contributed by atoms with van der Waals surface area (Å²) in [6.45, 7) is 6.55. The van der Waals surface area contributed by atoms with Gasteiger partial charge in [0, 0.05) is 34.0 Å². The Morgan fingerprint density at radius 3 is 2.30 bits per heavy atom. The van der Waals surface area contributed by atoms with Gasteiger partial charge >= 0.3 is 6.18 Å². The summed E-state index contributed by atoms with van der Waals surface area (Å²) in [6, 6.07) is 21.2. The smallest absolute Gasteiger partial charge is 0.345 e. The molecule has 3 heterocycles. The summed E-state index contributed by atoms with van der Waals surface area (Å²) in [7, 11) is 0. The van der Waals surface area contributed by atoms with E-state index in [4.69, 9.17) is 4.98 Å². The number of hydrogen-bond acceptors (Lipinski definition) is 5. The van der Waals surface area contributed by atoms with Crippen LogP contribution in [0.1, 0.15) is 72.1 Å². The molecule has 0 unspecified atom stereocenters. The van der Waals surface area contributed by atoms with Gasteiger partial charge in [0.25, 0.3) is 5.91 Å². The van der Waals surface area contributed by atoms with E-state index in [1.807, 2.05) is 61.7 Å². The molecule has 0 saturated carbocycles. The van der Waals surface area contributed by atoms with Crippen LogP contribution in [-0.2, 0) is 12.7 Å². The van der Waals surface area contributed by atoms with Gasteiger partial charge in [-0.05, 0) is 101 Å². The summed E-state index contributed by atoms with van der Waals surface area (Å²) < 4.78 is 40.5. The number of carbonyl (C=O) groups is 1. The van der Waals surface area contributed by atoms with Crippen LogP contribution in [-0.4, -0.2) is 59.2 Å². The first kappa shape index (κ1) is 32.5. The largest absolute Gasteiger partial charge is 0.416 e. The van der Waals surface area contributed by atoms with Gasteiger partial charge in [0.1, 0.15) is 0 Å². The number of amides is 1. The summed E-state index contributed by atoms with van der Waals surface area (Å²) in [5, 5.41) is 3.98. The number of likely N-dealkylation sites (tertiary alicyclic amines) is 2. The van der Waals surface area contributed by atoms with Crippen LogP contribution in [0.4, 0.5) is 13.2 Å². The minimum Gasteiger partial charge on any atom is -0.345 e. The fraction of sp³-hybridized carbons (Fsp3) is 0.405. The zero-order valence-electron chi connectivity index (χ0n) is 26.4. The molecule has 9 heteroatoms. The van der Waals surface area contributed by atoms with Crippen molar-refractivity contribution >= 4 is 28.6 Å². The molecule has 1 amide bonds. The second kappa shape index (κ2) is 14.2. The molecule has 1 aromatic heterocycles. The molecule has 0 spiro atoms. The fourth-order valence-corrected chi connectivity index (χ4v) is 7.36. The van der Waals surface area contributed by atoms with Gasteiger partial charge in [0.05, 0.1) is 28.4 Å². The van der Waals surface area contributed by atoms with Gasteiger partial charge in [-0.15, -0.1) is 11.8 Å². The molecular formula is C37H41F3N4OS. The highest BCUT2D eigenvalue weighted by molar-refractivity contribution is 7.98. The summed E-state index contributed by atoms with van der Waals surface area (Å²) in [6.07, 6.45) is 3.50. The number of hydrogen-bond donors (Lipinski definition) is 1. The van der Waals surface area contributed by atoms with E-state index in [2.05, 4.69) is 15.1 Å². The molecule has 1 N–H and O–H groups in total. The van der Waals surface area contributed by atoms with Crippen molar-refractivity contribution in [1.29, 1.82) is 0 Å². The number of thioether (sulfide) groups is 1. The highest BCUT2D eigenvalue weighted by atomic mass is 32.2. The molecule has 2 saturated heterocycles. The molecular weight excluding hydrogens is 605 g/mol. The van der Waals surface area contributed by atoms with Gasteiger partial charge < -0.3 is 10.2 Å². The van der Waals surface area contributed by atoms with E-state index in [-0.39, 0.29) is 11.9 Å². The SMILES string of the molecule is CSc1ccc2nc(-c3ccc(C(F)(F)F)cc3)c(CN3CCC(N4CCCCC4)CC3)c(C(=O)N[C@@H](C)c3ccccc3)c2c1. The van der Waals surface area contributed by atoms with E-state index < -0.39 is 11.7 Å². The Balaban J connectivity index is 1.42. The second-order valence-corrected chi connectivity index (χ2v) is 13.4. The number of nitrogens with one attached hydrogen (secondary N) is 1. The van der Waals surface area contributed by atoms with Crippen LogP contribution in [0.15, 0.2) is 77.7 Å². The third-order valence-corrected chi connectivity index (χ3v) is 10.2. The summed E-state index contributed by atoms with van der Waals surface area (Å²) >= 11 is 1.59. The lowest BCUT2D eigenvalue weighted by molar-refractivity contribution is -0.137. The third-order valence-electron chi connectivity index (χ3n) is 9.50. The zero-order chi connectivity index (χ0) is 32.3. The number of carbonyl (C=O) groups excluding carboxylic acids is 1. The summed E-state index contributed by atoms with van der Waals surface area (Å²) in [5.74, 6) is -0.214. The number of rotatable bonds is 8. The average molecular weight is 647 g/mol. The van der Waals surface area contributed by atoms with Crippen molar-refractivity contribution in [3.05, 3.63) is 95.1 Å². The standard InChI is InChI=1S/C37H41F3N4OS/c1-25(26-9-5-3-6-10-26)41-36(45)34-31-23-30(46-2)15-16-33(31)42-35(27-11-13-28(14-12-27)37(38,39)40)32(34)24-43-21-17-29(18-22-43)44-19-7-4-8-20-44/h3,5-6,9-16,23,25,29H,4,7-8,17-22,24H2,1-2H3,(H,41,45)/t25-/m0/s1. The first-order valence-electron chi connectivity index (χ1n) is 16.2. The van der Waals surface area contributed by atoms with Crippen molar-refractivity contribution in [2.45, 2.75) is 68.7 Å². The Labute approximate surface area is 273 Å². The van der Waals surface area contributed by atoms with Gasteiger partial charge in [-0.1, -0.05) is 48.9 Å². The molecule has 0 bridgehead atoms. The van der Waals surface area contributed by atoms with E-state index in [1.165, 1.54) is 44.5 Å². The van der Waals surface area contributed by atoms with Gasteiger partial charge in [-0.2, -0.15) is 13.2 Å². The van der Waals surface area contributed by atoms with Crippen LogP contribution in [0.25, 0.3) is 22.2 Å². The Morgan fingerprint density at radius 2 is 1.65 bits per heavy atom. The number of piperidine rings is 2. The second-order valence-electron chi connectivity index (χ2n) is 12.5. The molecule has 2 fully saturated rings. The fourth-order valence-electron chi connectivity index (χ4n) is 6.92.